The van der Waals surface area contributed by atoms with E-state index in [2.05, 4.69) is 62.3 Å². The Balaban J connectivity index is 1.59. The van der Waals surface area contributed by atoms with Gasteiger partial charge in [-0.25, -0.2) is 0 Å². The third kappa shape index (κ3) is 2.50. The highest BCUT2D eigenvalue weighted by atomic mass is 16.1. The van der Waals surface area contributed by atoms with Crippen LogP contribution in [-0.2, 0) is 4.79 Å². The van der Waals surface area contributed by atoms with Crippen LogP contribution in [0.3, 0.4) is 0 Å². The van der Waals surface area contributed by atoms with Crippen molar-refractivity contribution >= 4 is 5.78 Å². The van der Waals surface area contributed by atoms with E-state index >= 15 is 0 Å². The van der Waals surface area contributed by atoms with E-state index in [4.69, 9.17) is 0 Å². The van der Waals surface area contributed by atoms with Gasteiger partial charge in [0.2, 0.25) is 0 Å². The molecule has 0 spiro atoms. The van der Waals surface area contributed by atoms with E-state index in [1.807, 2.05) is 0 Å². The van der Waals surface area contributed by atoms with Gasteiger partial charge in [-0.2, -0.15) is 0 Å². The Morgan fingerprint density at radius 2 is 1.34 bits per heavy atom. The van der Waals surface area contributed by atoms with Crippen molar-refractivity contribution in [3.63, 3.8) is 0 Å². The lowest BCUT2D eigenvalue weighted by molar-refractivity contribution is -0.269. The zero-order valence-electron chi connectivity index (χ0n) is 22.9. The molecule has 5 aliphatic rings. The van der Waals surface area contributed by atoms with Crippen LogP contribution in [0.1, 0.15) is 127 Å². The first-order chi connectivity index (χ1) is 14.7. The molecule has 0 aromatic heterocycles. The van der Waals surface area contributed by atoms with E-state index in [9.17, 15) is 4.79 Å². The van der Waals surface area contributed by atoms with Gasteiger partial charge in [0.1, 0.15) is 5.78 Å². The third-order valence-electron chi connectivity index (χ3n) is 14.2. The van der Waals surface area contributed by atoms with Crippen LogP contribution in [-0.4, -0.2) is 5.78 Å². The summed E-state index contributed by atoms with van der Waals surface area (Å²) in [7, 11) is 0. The molecular formula is C31H52O. The number of hydrogen-bond donors (Lipinski definition) is 0. The first-order valence-electron chi connectivity index (χ1n) is 14.2. The fraction of sp³-hybridized carbons (Fsp3) is 0.968. The molecule has 0 radical (unpaired) electrons. The number of carbonyl (C=O) groups excluding carboxylic acids is 1. The Bertz CT molecular complexity index is 809. The first-order valence-corrected chi connectivity index (χ1v) is 14.2. The molecule has 5 saturated carbocycles. The smallest absolute Gasteiger partial charge is 0.138 e. The maximum atomic E-state index is 13.0. The van der Waals surface area contributed by atoms with Gasteiger partial charge in [0.25, 0.3) is 0 Å². The summed E-state index contributed by atoms with van der Waals surface area (Å²) < 4.78 is 0. The largest absolute Gasteiger partial charge is 0.299 e. The van der Waals surface area contributed by atoms with Crippen LogP contribution >= 0.6 is 0 Å². The Hall–Kier alpha value is -0.330. The van der Waals surface area contributed by atoms with Gasteiger partial charge in [-0.3, -0.25) is 4.79 Å². The monoisotopic (exact) mass is 440 g/mol. The van der Waals surface area contributed by atoms with Gasteiger partial charge in [0, 0.05) is 11.8 Å². The van der Waals surface area contributed by atoms with Crippen LogP contribution in [0.25, 0.3) is 0 Å². The summed E-state index contributed by atoms with van der Waals surface area (Å²) in [4.78, 5) is 13.0. The number of rotatable bonds is 1. The number of ketones is 1. The molecule has 0 aliphatic heterocycles. The summed E-state index contributed by atoms with van der Waals surface area (Å²) in [5, 5.41) is 0. The minimum absolute atomic E-state index is 0.130. The van der Waals surface area contributed by atoms with Crippen molar-refractivity contribution in [3.05, 3.63) is 0 Å². The molecule has 1 heteroatoms. The Labute approximate surface area is 199 Å². The minimum atomic E-state index is -0.130. The molecule has 32 heavy (non-hydrogen) atoms. The Morgan fingerprint density at radius 3 is 2.00 bits per heavy atom. The molecule has 0 saturated heterocycles. The lowest BCUT2D eigenvalue weighted by atomic mass is 9.29. The van der Waals surface area contributed by atoms with Crippen LogP contribution in [0.2, 0.25) is 0 Å². The van der Waals surface area contributed by atoms with Crippen molar-refractivity contribution in [3.8, 4) is 0 Å². The highest BCUT2D eigenvalue weighted by Gasteiger charge is 2.73. The Morgan fingerprint density at radius 1 is 0.719 bits per heavy atom. The molecule has 0 heterocycles. The average Bonchev–Trinajstić information content (AvgIpc) is 3.06. The molecule has 2 unspecified atom stereocenters. The lowest BCUT2D eigenvalue weighted by Crippen LogP contribution is -2.69. The quantitative estimate of drug-likeness (QED) is 0.398. The van der Waals surface area contributed by atoms with Gasteiger partial charge < -0.3 is 0 Å². The van der Waals surface area contributed by atoms with E-state index in [1.54, 1.807) is 0 Å². The second-order valence-electron chi connectivity index (χ2n) is 15.6. The molecule has 5 aliphatic carbocycles. The highest BCUT2D eigenvalue weighted by Crippen LogP contribution is 2.80. The van der Waals surface area contributed by atoms with Gasteiger partial charge in [0.15, 0.2) is 0 Å². The van der Waals surface area contributed by atoms with Crippen LogP contribution in [0.4, 0.5) is 0 Å². The van der Waals surface area contributed by atoms with Crippen molar-refractivity contribution in [2.75, 3.05) is 0 Å². The van der Waals surface area contributed by atoms with Crippen molar-refractivity contribution in [2.45, 2.75) is 127 Å². The molecule has 0 aromatic rings. The average molecular weight is 441 g/mol. The third-order valence-corrected chi connectivity index (χ3v) is 14.2. The van der Waals surface area contributed by atoms with E-state index < -0.39 is 0 Å². The standard InChI is InChI=1S/C31H52O/c1-20(2)21-10-14-27(5)18-19-31(9)29(7)16-11-22-26(3,4)24(32)13-15-28(22,6)23(29)12-17-30(31,8)25(21)27/h20-23,25H,10-19H2,1-9H3/t21-,22?,23+,25?,27+,28-,29+,30+,31-/m0/s1. The zero-order valence-corrected chi connectivity index (χ0v) is 22.9. The van der Waals surface area contributed by atoms with Crippen molar-refractivity contribution < 1.29 is 4.79 Å². The van der Waals surface area contributed by atoms with Crippen molar-refractivity contribution in [2.24, 2.45) is 62.1 Å². The minimum Gasteiger partial charge on any atom is -0.299 e. The second-order valence-corrected chi connectivity index (χ2v) is 15.6. The molecule has 0 N–H and O–H groups in total. The van der Waals surface area contributed by atoms with Crippen LogP contribution in [0.5, 0.6) is 0 Å². The van der Waals surface area contributed by atoms with E-state index in [0.717, 1.165) is 36.5 Å². The summed E-state index contributed by atoms with van der Waals surface area (Å²) in [6, 6.07) is 0. The maximum Gasteiger partial charge on any atom is 0.138 e. The van der Waals surface area contributed by atoms with Crippen LogP contribution < -0.4 is 0 Å². The Kier molecular flexibility index (Phi) is 4.87. The molecule has 1 nitrogen and oxygen atoms in total. The summed E-state index contributed by atoms with van der Waals surface area (Å²) >= 11 is 0. The highest BCUT2D eigenvalue weighted by molar-refractivity contribution is 5.85. The summed E-state index contributed by atoms with van der Waals surface area (Å²) in [6.45, 7) is 23.1. The summed E-state index contributed by atoms with van der Waals surface area (Å²) in [6.07, 6.45) is 13.2. The van der Waals surface area contributed by atoms with Gasteiger partial charge in [0.05, 0.1) is 0 Å². The normalized spacial score (nSPS) is 56.9. The molecule has 182 valence electrons. The van der Waals surface area contributed by atoms with E-state index in [1.165, 1.54) is 51.4 Å². The SMILES string of the molecule is CC(C)[C@@H]1CC[C@]2(C)CC[C@]3(C)[C@](C)(CC[C@@H]4[C@@]5(C)CCC(=O)C(C)(C)C5CC[C@]43C)C12. The van der Waals surface area contributed by atoms with Gasteiger partial charge in [-0.1, -0.05) is 62.3 Å². The molecule has 0 amide bonds. The molecule has 0 aromatic carbocycles. The molecule has 5 fully saturated rings. The van der Waals surface area contributed by atoms with Crippen LogP contribution in [0.15, 0.2) is 0 Å². The molecule has 0 bridgehead atoms. The van der Waals surface area contributed by atoms with E-state index in [0.29, 0.717) is 38.8 Å². The maximum absolute atomic E-state index is 13.0. The second kappa shape index (κ2) is 6.66. The molecule has 5 rings (SSSR count). The van der Waals surface area contributed by atoms with Crippen molar-refractivity contribution in [1.82, 2.24) is 0 Å². The first kappa shape index (κ1) is 23.4. The molecular weight excluding hydrogens is 388 g/mol. The van der Waals surface area contributed by atoms with Crippen LogP contribution in [0, 0.1) is 62.1 Å². The number of fused-ring (bicyclic) bond motifs is 7. The van der Waals surface area contributed by atoms with Gasteiger partial charge in [-0.15, -0.1) is 0 Å². The van der Waals surface area contributed by atoms with Gasteiger partial charge >= 0.3 is 0 Å². The summed E-state index contributed by atoms with van der Waals surface area (Å²) in [5.41, 5.74) is 2.06. The predicted octanol–water partition coefficient (Wildman–Crippen LogP) is 8.70. The fourth-order valence-electron chi connectivity index (χ4n) is 12.2. The van der Waals surface area contributed by atoms with Crippen molar-refractivity contribution in [1.29, 1.82) is 0 Å². The lowest BCUT2D eigenvalue weighted by Gasteiger charge is -2.75. The predicted molar refractivity (Wildman–Crippen MR) is 134 cm³/mol. The fourth-order valence-corrected chi connectivity index (χ4v) is 12.2. The molecule has 9 atom stereocenters. The van der Waals surface area contributed by atoms with Gasteiger partial charge in [-0.05, 0) is 114 Å². The number of hydrogen-bond acceptors (Lipinski definition) is 1. The van der Waals surface area contributed by atoms with E-state index in [-0.39, 0.29) is 5.41 Å². The number of Topliss-reactive ketones (excluding diaryl/α,β-unsaturated/α-hetero) is 1. The summed E-state index contributed by atoms with van der Waals surface area (Å²) in [5.74, 6) is 4.50. The number of carbonyl (C=O) groups is 1. The topological polar surface area (TPSA) is 17.1 Å². The zero-order chi connectivity index (χ0) is 23.5.